The average Bonchev–Trinajstić information content (AvgIpc) is 3.00. The molecule has 3 aromatic heterocycles. The third kappa shape index (κ3) is 2.02. The number of hydrogen-bond donors (Lipinski definition) is 1. The average molecular weight is 258 g/mol. The summed E-state index contributed by atoms with van der Waals surface area (Å²) in [5.74, 6) is 0. The predicted molar refractivity (Wildman–Crippen MR) is 73.7 cm³/mol. The Morgan fingerprint density at radius 2 is 2.28 bits per heavy atom. The second-order valence-electron chi connectivity index (χ2n) is 4.11. The van der Waals surface area contributed by atoms with Gasteiger partial charge in [-0.05, 0) is 24.7 Å². The van der Waals surface area contributed by atoms with Crippen molar-refractivity contribution in [2.24, 2.45) is 0 Å². The number of thiazole rings is 1. The molecule has 18 heavy (non-hydrogen) atoms. The number of hydrogen-bond acceptors (Lipinski definition) is 4. The van der Waals surface area contributed by atoms with Crippen molar-refractivity contribution in [1.29, 1.82) is 0 Å². The monoisotopic (exact) mass is 258 g/mol. The molecule has 3 heterocycles. The molecule has 1 N–H and O–H groups in total. The summed E-state index contributed by atoms with van der Waals surface area (Å²) < 4.78 is 2.17. The van der Waals surface area contributed by atoms with Gasteiger partial charge in [-0.25, -0.2) is 9.97 Å². The van der Waals surface area contributed by atoms with Gasteiger partial charge in [-0.2, -0.15) is 0 Å². The van der Waals surface area contributed by atoms with Crippen molar-refractivity contribution in [2.75, 3.05) is 7.05 Å². The van der Waals surface area contributed by atoms with Gasteiger partial charge in [0, 0.05) is 35.9 Å². The number of fused-ring (bicyclic) bond motifs is 1. The number of aromatic nitrogens is 3. The Balaban J connectivity index is 2.05. The highest BCUT2D eigenvalue weighted by atomic mass is 32.1. The minimum absolute atomic E-state index is 0.787. The first-order valence-corrected chi connectivity index (χ1v) is 6.72. The quantitative estimate of drug-likeness (QED) is 0.780. The minimum atomic E-state index is 0.787. The van der Waals surface area contributed by atoms with Crippen molar-refractivity contribution in [2.45, 2.75) is 13.1 Å². The minimum Gasteiger partial charge on any atom is -0.325 e. The zero-order valence-corrected chi connectivity index (χ0v) is 10.9. The van der Waals surface area contributed by atoms with Crippen LogP contribution in [0, 0.1) is 0 Å². The summed E-state index contributed by atoms with van der Waals surface area (Å²) in [5.41, 5.74) is 2.30. The lowest BCUT2D eigenvalue weighted by molar-refractivity contribution is 0.788. The molecular formula is C13H14N4S. The SMILES string of the molecule is CNCc1cn(Cc2nccs2)c2ncccc12. The third-order valence-corrected chi connectivity index (χ3v) is 3.64. The maximum Gasteiger partial charge on any atom is 0.140 e. The molecule has 0 spiro atoms. The van der Waals surface area contributed by atoms with Gasteiger partial charge in [-0.1, -0.05) is 0 Å². The van der Waals surface area contributed by atoms with Crippen molar-refractivity contribution in [3.05, 3.63) is 46.7 Å². The maximum atomic E-state index is 4.48. The summed E-state index contributed by atoms with van der Waals surface area (Å²) in [6, 6.07) is 4.10. The Bertz CT molecular complexity index is 642. The molecule has 0 bridgehead atoms. The van der Waals surface area contributed by atoms with Crippen LogP contribution in [0.4, 0.5) is 0 Å². The van der Waals surface area contributed by atoms with Crippen LogP contribution in [0.3, 0.4) is 0 Å². The summed E-state index contributed by atoms with van der Waals surface area (Å²) in [4.78, 5) is 8.80. The smallest absolute Gasteiger partial charge is 0.140 e. The van der Waals surface area contributed by atoms with Crippen LogP contribution >= 0.6 is 11.3 Å². The van der Waals surface area contributed by atoms with E-state index >= 15 is 0 Å². The first-order chi connectivity index (χ1) is 8.88. The van der Waals surface area contributed by atoms with Gasteiger partial charge in [0.1, 0.15) is 10.7 Å². The van der Waals surface area contributed by atoms with Crippen molar-refractivity contribution in [3.8, 4) is 0 Å². The van der Waals surface area contributed by atoms with E-state index in [0.29, 0.717) is 0 Å². The van der Waals surface area contributed by atoms with Gasteiger partial charge in [0.25, 0.3) is 0 Å². The van der Waals surface area contributed by atoms with Gasteiger partial charge < -0.3 is 9.88 Å². The van der Waals surface area contributed by atoms with Gasteiger partial charge in [0.2, 0.25) is 0 Å². The molecule has 3 rings (SSSR count). The Morgan fingerprint density at radius 1 is 1.33 bits per heavy atom. The molecule has 0 unspecified atom stereocenters. The van der Waals surface area contributed by atoms with Crippen molar-refractivity contribution in [1.82, 2.24) is 19.9 Å². The molecule has 0 aliphatic rings. The predicted octanol–water partition coefficient (Wildman–Crippen LogP) is 2.26. The van der Waals surface area contributed by atoms with E-state index in [1.54, 1.807) is 11.3 Å². The summed E-state index contributed by atoms with van der Waals surface area (Å²) in [7, 11) is 1.96. The Morgan fingerprint density at radius 3 is 3.06 bits per heavy atom. The molecule has 4 nitrogen and oxygen atoms in total. The highest BCUT2D eigenvalue weighted by Gasteiger charge is 2.09. The van der Waals surface area contributed by atoms with Crippen LogP contribution < -0.4 is 5.32 Å². The Labute approximate surface area is 109 Å². The van der Waals surface area contributed by atoms with E-state index < -0.39 is 0 Å². The molecule has 92 valence electrons. The molecule has 0 radical (unpaired) electrons. The summed E-state index contributed by atoms with van der Waals surface area (Å²) >= 11 is 1.67. The zero-order chi connectivity index (χ0) is 12.4. The highest BCUT2D eigenvalue weighted by molar-refractivity contribution is 7.09. The molecule has 0 atom stereocenters. The number of nitrogens with zero attached hydrogens (tertiary/aromatic N) is 3. The van der Waals surface area contributed by atoms with Crippen molar-refractivity contribution < 1.29 is 0 Å². The lowest BCUT2D eigenvalue weighted by atomic mass is 10.2. The number of nitrogens with one attached hydrogen (secondary N) is 1. The molecule has 3 aromatic rings. The third-order valence-electron chi connectivity index (χ3n) is 2.87. The van der Waals surface area contributed by atoms with Gasteiger partial charge in [-0.15, -0.1) is 11.3 Å². The summed E-state index contributed by atoms with van der Waals surface area (Å²) in [6.07, 6.45) is 5.84. The standard InChI is InChI=1S/C13H14N4S/c1-14-7-10-8-17(9-12-15-5-6-18-12)13-11(10)3-2-4-16-13/h2-6,8,14H,7,9H2,1H3. The molecule has 0 aliphatic carbocycles. The first kappa shape index (κ1) is 11.4. The molecular weight excluding hydrogens is 244 g/mol. The second-order valence-corrected chi connectivity index (χ2v) is 5.09. The number of pyridine rings is 1. The van der Waals surface area contributed by atoms with Crippen LogP contribution in [0.15, 0.2) is 36.1 Å². The van der Waals surface area contributed by atoms with Gasteiger partial charge in [-0.3, -0.25) is 0 Å². The van der Waals surface area contributed by atoms with E-state index in [0.717, 1.165) is 23.7 Å². The maximum absolute atomic E-state index is 4.48. The van der Waals surface area contributed by atoms with Crippen molar-refractivity contribution >= 4 is 22.4 Å². The largest absolute Gasteiger partial charge is 0.325 e. The van der Waals surface area contributed by atoms with E-state index in [1.165, 1.54) is 10.9 Å². The van der Waals surface area contributed by atoms with Gasteiger partial charge >= 0.3 is 0 Å². The van der Waals surface area contributed by atoms with E-state index in [-0.39, 0.29) is 0 Å². The fourth-order valence-corrected chi connectivity index (χ4v) is 2.74. The molecule has 0 amide bonds. The van der Waals surface area contributed by atoms with E-state index in [2.05, 4.69) is 32.1 Å². The van der Waals surface area contributed by atoms with E-state index in [1.807, 2.05) is 30.9 Å². The van der Waals surface area contributed by atoms with Crippen LogP contribution in [-0.2, 0) is 13.1 Å². The summed E-state index contributed by atoms with van der Waals surface area (Å²) in [6.45, 7) is 1.64. The first-order valence-electron chi connectivity index (χ1n) is 5.84. The van der Waals surface area contributed by atoms with Crippen LogP contribution in [0.1, 0.15) is 10.6 Å². The highest BCUT2D eigenvalue weighted by Crippen LogP contribution is 2.20. The van der Waals surface area contributed by atoms with E-state index in [9.17, 15) is 0 Å². The normalized spacial score (nSPS) is 11.2. The second kappa shape index (κ2) is 4.88. The molecule has 0 fully saturated rings. The van der Waals surface area contributed by atoms with Gasteiger partial charge in [0.05, 0.1) is 6.54 Å². The Hall–Kier alpha value is -1.72. The summed E-state index contributed by atoms with van der Waals surface area (Å²) in [5, 5.41) is 7.51. The Kier molecular flexibility index (Phi) is 3.08. The fraction of sp³-hybridized carbons (Fsp3) is 0.231. The lowest BCUT2D eigenvalue weighted by Crippen LogP contribution is -2.04. The molecule has 0 aromatic carbocycles. The van der Waals surface area contributed by atoms with E-state index in [4.69, 9.17) is 0 Å². The molecule has 5 heteroatoms. The van der Waals surface area contributed by atoms with Crippen LogP contribution in [-0.4, -0.2) is 21.6 Å². The van der Waals surface area contributed by atoms with Crippen LogP contribution in [0.5, 0.6) is 0 Å². The zero-order valence-electron chi connectivity index (χ0n) is 10.1. The van der Waals surface area contributed by atoms with Gasteiger partial charge in [0.15, 0.2) is 0 Å². The molecule has 0 saturated heterocycles. The number of rotatable bonds is 4. The molecule has 0 saturated carbocycles. The fourth-order valence-electron chi connectivity index (χ4n) is 2.12. The lowest BCUT2D eigenvalue weighted by Gasteiger charge is -2.00. The topological polar surface area (TPSA) is 42.7 Å². The van der Waals surface area contributed by atoms with Crippen LogP contribution in [0.25, 0.3) is 11.0 Å². The van der Waals surface area contributed by atoms with Crippen LogP contribution in [0.2, 0.25) is 0 Å². The van der Waals surface area contributed by atoms with Crippen molar-refractivity contribution in [3.63, 3.8) is 0 Å². The molecule has 0 aliphatic heterocycles.